The summed E-state index contributed by atoms with van der Waals surface area (Å²) in [5.41, 5.74) is 11.1. The molecule has 1 unspecified atom stereocenters. The van der Waals surface area contributed by atoms with Gasteiger partial charge in [-0.25, -0.2) is 4.99 Å². The third-order valence-corrected chi connectivity index (χ3v) is 7.10. The van der Waals surface area contributed by atoms with Crippen LogP contribution in [0.25, 0.3) is 5.57 Å². The van der Waals surface area contributed by atoms with Gasteiger partial charge in [0.2, 0.25) is 11.9 Å². The number of hydrogen-bond donors (Lipinski definition) is 3. The molecule has 1 aliphatic carbocycles. The first-order valence-corrected chi connectivity index (χ1v) is 13.9. The molecule has 42 heavy (non-hydrogen) atoms. The first kappa shape index (κ1) is 30.0. The van der Waals surface area contributed by atoms with Gasteiger partial charge in [-0.15, -0.1) is 0 Å². The van der Waals surface area contributed by atoms with Gasteiger partial charge in [0.05, 0.1) is 12.6 Å². The molecule has 1 aliphatic rings. The second kappa shape index (κ2) is 14.6. The summed E-state index contributed by atoms with van der Waals surface area (Å²) in [7, 11) is 0. The number of benzene rings is 3. The van der Waals surface area contributed by atoms with Crippen LogP contribution in [0.2, 0.25) is 5.02 Å². The van der Waals surface area contributed by atoms with Gasteiger partial charge in [-0.1, -0.05) is 64.4 Å². The number of carbonyl (C=O) groups excluding carboxylic acids is 1. The van der Waals surface area contributed by atoms with E-state index >= 15 is 0 Å². The lowest BCUT2D eigenvalue weighted by Gasteiger charge is -2.27. The van der Waals surface area contributed by atoms with Gasteiger partial charge >= 0.3 is 0 Å². The van der Waals surface area contributed by atoms with E-state index in [-0.39, 0.29) is 12.0 Å². The fraction of sp³-hybridized carbons (Fsp3) is 0.226. The van der Waals surface area contributed by atoms with Crippen molar-refractivity contribution in [3.8, 4) is 6.19 Å². The van der Waals surface area contributed by atoms with E-state index in [2.05, 4.69) is 38.9 Å². The summed E-state index contributed by atoms with van der Waals surface area (Å²) < 4.78 is 0. The fourth-order valence-corrected chi connectivity index (χ4v) is 4.77. The van der Waals surface area contributed by atoms with Gasteiger partial charge in [0.1, 0.15) is 0 Å². The standard InChI is InChI=1S/C31H32ClN9O/c1-21(23-11-15-27(32)16-12-23)37-31(36-20-33)41(28-17-13-25(14-18-28)24-5-3-2-4-6-24)19-22-7-9-26(10-8-22)29(42)38-30(34)39-40-35/h5,7-18,21H,2-4,6,19H2,1H3,(H,36,37)(H4,34,35,38,39,42). The Balaban J connectivity index is 1.67. The maximum absolute atomic E-state index is 12.4. The number of aliphatic imine (C=N–C) groups is 2. The van der Waals surface area contributed by atoms with Crippen LogP contribution in [0.4, 0.5) is 5.69 Å². The summed E-state index contributed by atoms with van der Waals surface area (Å²) in [5.74, 6) is 4.44. The van der Waals surface area contributed by atoms with Crippen molar-refractivity contribution >= 4 is 40.7 Å². The summed E-state index contributed by atoms with van der Waals surface area (Å²) in [5, 5.41) is 19.5. The molecule has 214 valence electrons. The molecule has 0 aliphatic heterocycles. The van der Waals surface area contributed by atoms with Crippen LogP contribution >= 0.6 is 11.6 Å². The van der Waals surface area contributed by atoms with Gasteiger partial charge in [0.25, 0.3) is 5.91 Å². The molecule has 10 nitrogen and oxygen atoms in total. The maximum Gasteiger partial charge on any atom is 0.280 e. The molecule has 0 aromatic heterocycles. The van der Waals surface area contributed by atoms with Crippen molar-refractivity contribution in [2.24, 2.45) is 31.9 Å². The minimum absolute atomic E-state index is 0.263. The third kappa shape index (κ3) is 8.02. The summed E-state index contributed by atoms with van der Waals surface area (Å²) in [4.78, 5) is 22.9. The van der Waals surface area contributed by atoms with Gasteiger partial charge in [0.15, 0.2) is 6.19 Å². The van der Waals surface area contributed by atoms with Crippen molar-refractivity contribution in [1.29, 1.82) is 5.26 Å². The molecule has 4 rings (SSSR count). The van der Waals surface area contributed by atoms with Crippen molar-refractivity contribution in [3.63, 3.8) is 0 Å². The molecule has 0 saturated carbocycles. The van der Waals surface area contributed by atoms with Crippen molar-refractivity contribution in [3.05, 3.63) is 106 Å². The molecule has 1 amide bonds. The third-order valence-electron chi connectivity index (χ3n) is 6.85. The molecular weight excluding hydrogens is 550 g/mol. The van der Waals surface area contributed by atoms with E-state index in [1.54, 1.807) is 12.1 Å². The lowest BCUT2D eigenvalue weighted by Crippen LogP contribution is -2.39. The molecule has 5 N–H and O–H groups in total. The van der Waals surface area contributed by atoms with Crippen LogP contribution in [0.15, 0.2) is 99.2 Å². The maximum atomic E-state index is 12.4. The molecule has 3 aromatic carbocycles. The van der Waals surface area contributed by atoms with Crippen molar-refractivity contribution in [2.75, 3.05) is 4.90 Å². The van der Waals surface area contributed by atoms with Crippen LogP contribution in [0.3, 0.4) is 0 Å². The minimum atomic E-state index is -0.568. The second-order valence-corrected chi connectivity index (χ2v) is 10.1. The topological polar surface area (TPSA) is 158 Å². The van der Waals surface area contributed by atoms with Gasteiger partial charge < -0.3 is 16.5 Å². The number of carbonyl (C=O) groups is 1. The second-order valence-electron chi connectivity index (χ2n) is 9.71. The van der Waals surface area contributed by atoms with E-state index in [0.29, 0.717) is 23.1 Å². The number of nitrogens with two attached hydrogens (primary N) is 2. The first-order valence-electron chi connectivity index (χ1n) is 13.5. The van der Waals surface area contributed by atoms with Gasteiger partial charge in [0, 0.05) is 16.3 Å². The fourth-order valence-electron chi connectivity index (χ4n) is 4.65. The Kier molecular flexibility index (Phi) is 10.4. The first-order chi connectivity index (χ1) is 20.4. The Bertz CT molecular complexity index is 1540. The molecule has 0 radical (unpaired) electrons. The number of hydrogen-bond acceptors (Lipinski definition) is 4. The monoisotopic (exact) mass is 581 g/mol. The molecule has 0 spiro atoms. The number of anilines is 1. The quantitative estimate of drug-likeness (QED) is 0.0567. The molecule has 3 aromatic rings. The van der Waals surface area contributed by atoms with E-state index in [4.69, 9.17) is 28.2 Å². The average molecular weight is 582 g/mol. The van der Waals surface area contributed by atoms with Crippen LogP contribution in [-0.4, -0.2) is 17.8 Å². The van der Waals surface area contributed by atoms with Crippen LogP contribution in [0, 0.1) is 11.5 Å². The zero-order valence-corrected chi connectivity index (χ0v) is 24.0. The molecule has 0 bridgehead atoms. The smallest absolute Gasteiger partial charge is 0.280 e. The Labute approximate surface area is 250 Å². The highest BCUT2D eigenvalue weighted by atomic mass is 35.5. The Morgan fingerprint density at radius 2 is 1.79 bits per heavy atom. The molecule has 11 heteroatoms. The highest BCUT2D eigenvalue weighted by Crippen LogP contribution is 2.29. The summed E-state index contributed by atoms with van der Waals surface area (Å²) in [6, 6.07) is 22.4. The van der Waals surface area contributed by atoms with Crippen LogP contribution in [0.1, 0.15) is 65.7 Å². The van der Waals surface area contributed by atoms with Gasteiger partial charge in [-0.3, -0.25) is 10.1 Å². The van der Waals surface area contributed by atoms with Crippen molar-refractivity contribution in [2.45, 2.75) is 45.2 Å². The van der Waals surface area contributed by atoms with Crippen LogP contribution in [-0.2, 0) is 6.54 Å². The largest absolute Gasteiger partial charge is 0.366 e. The van der Waals surface area contributed by atoms with Crippen LogP contribution < -0.4 is 21.8 Å². The number of nitrogens with zero attached hydrogens (tertiary/aromatic N) is 6. The highest BCUT2D eigenvalue weighted by Gasteiger charge is 2.18. The van der Waals surface area contributed by atoms with E-state index in [1.165, 1.54) is 24.0 Å². The number of halogens is 1. The number of rotatable bonds is 7. The molecule has 1 atom stereocenters. The lowest BCUT2D eigenvalue weighted by molar-refractivity contribution is 0.100. The predicted molar refractivity (Wildman–Crippen MR) is 167 cm³/mol. The van der Waals surface area contributed by atoms with Crippen molar-refractivity contribution in [1.82, 2.24) is 5.32 Å². The zero-order valence-electron chi connectivity index (χ0n) is 23.2. The number of amides is 1. The minimum Gasteiger partial charge on any atom is -0.366 e. The van der Waals surface area contributed by atoms with E-state index in [9.17, 15) is 10.1 Å². The number of allylic oxidation sites excluding steroid dienone is 2. The number of guanidine groups is 2. The van der Waals surface area contributed by atoms with E-state index < -0.39 is 5.91 Å². The van der Waals surface area contributed by atoms with Gasteiger partial charge in [-0.2, -0.15) is 10.3 Å². The molecular formula is C31H32ClN9O. The lowest BCUT2D eigenvalue weighted by atomic mass is 9.93. The Morgan fingerprint density at radius 1 is 1.07 bits per heavy atom. The Hall–Kier alpha value is -5.01. The number of nitriles is 1. The summed E-state index contributed by atoms with van der Waals surface area (Å²) >= 11 is 6.08. The predicted octanol–water partition coefficient (Wildman–Crippen LogP) is 6.27. The van der Waals surface area contributed by atoms with E-state index in [0.717, 1.165) is 29.7 Å². The molecule has 0 saturated heterocycles. The SMILES string of the molecule is CC(N=C(NC#N)N(Cc1ccc(C(=O)N=C(N)/N=N\N)cc1)c1ccc(C2=CCCCC2)cc1)c1ccc(Cl)cc1. The normalized spacial score (nSPS) is 14.6. The molecule has 0 fully saturated rings. The summed E-state index contributed by atoms with van der Waals surface area (Å²) in [6.45, 7) is 2.32. The average Bonchev–Trinajstić information content (AvgIpc) is 3.01. The van der Waals surface area contributed by atoms with E-state index in [1.807, 2.05) is 66.5 Å². The zero-order chi connectivity index (χ0) is 29.9. The van der Waals surface area contributed by atoms with Gasteiger partial charge in [-0.05, 0) is 91.3 Å². The summed E-state index contributed by atoms with van der Waals surface area (Å²) in [6.07, 6.45) is 8.94. The molecule has 0 heterocycles. The number of nitrogens with one attached hydrogen (secondary N) is 1. The van der Waals surface area contributed by atoms with Crippen LogP contribution in [0.5, 0.6) is 0 Å². The van der Waals surface area contributed by atoms with Crippen molar-refractivity contribution < 1.29 is 4.79 Å². The highest BCUT2D eigenvalue weighted by molar-refractivity contribution is 6.30. The Morgan fingerprint density at radius 3 is 2.40 bits per heavy atom.